The fourth-order valence-electron chi connectivity index (χ4n) is 6.69. The number of ether oxygens (including phenoxy) is 1. The topological polar surface area (TPSA) is 148 Å². The van der Waals surface area contributed by atoms with Crippen molar-refractivity contribution in [3.05, 3.63) is 0 Å². The molecule has 37 heavy (non-hydrogen) atoms. The Bertz CT molecular complexity index is 968. The molecule has 4 aliphatic carbocycles. The summed E-state index contributed by atoms with van der Waals surface area (Å²) in [5, 5.41) is 5.64. The largest absolute Gasteiger partial charge is 0.446 e. The number of fused-ring (bicyclic) bond motifs is 1. The van der Waals surface area contributed by atoms with Gasteiger partial charge in [0.1, 0.15) is 18.2 Å². The van der Waals surface area contributed by atoms with E-state index in [1.54, 1.807) is 4.90 Å². The van der Waals surface area contributed by atoms with Gasteiger partial charge in [0, 0.05) is 6.54 Å². The number of carbonyl (C=O) groups excluding carboxylic acids is 5. The van der Waals surface area contributed by atoms with Crippen LogP contribution in [0, 0.1) is 29.1 Å². The lowest BCUT2D eigenvalue weighted by atomic mass is 9.83. The number of ketones is 1. The summed E-state index contributed by atoms with van der Waals surface area (Å²) < 4.78 is 5.40. The van der Waals surface area contributed by atoms with Gasteiger partial charge in [-0.05, 0) is 61.2 Å². The van der Waals surface area contributed by atoms with Crippen molar-refractivity contribution in [1.29, 1.82) is 0 Å². The minimum Gasteiger partial charge on any atom is -0.446 e. The minimum atomic E-state index is -1.06. The van der Waals surface area contributed by atoms with Gasteiger partial charge in [0.25, 0.3) is 5.91 Å². The average Bonchev–Trinajstić information content (AvgIpc) is 3.82. The summed E-state index contributed by atoms with van der Waals surface area (Å²) in [5.74, 6) is -2.16. The molecule has 10 nitrogen and oxygen atoms in total. The number of nitrogens with one attached hydrogen (secondary N) is 2. The van der Waals surface area contributed by atoms with Crippen LogP contribution in [0.4, 0.5) is 4.79 Å². The molecule has 0 radical (unpaired) electrons. The maximum absolute atomic E-state index is 14.0. The highest BCUT2D eigenvalue weighted by Gasteiger charge is 2.69. The number of piperidine rings is 1. The van der Waals surface area contributed by atoms with Crippen LogP contribution in [0.1, 0.15) is 78.1 Å². The number of rotatable bonds is 10. The second-order valence-electron chi connectivity index (χ2n) is 12.5. The van der Waals surface area contributed by atoms with Crippen LogP contribution in [0.5, 0.6) is 0 Å². The van der Waals surface area contributed by atoms with Crippen molar-refractivity contribution >= 4 is 29.6 Å². The molecule has 3 unspecified atom stereocenters. The SMILES string of the molecule is CC1(C)C2CN(C(=O)[C@@H](NC(=O)OC3CC3)C3CCCCC3)[C@H](C(=O)NC(CC3CC3)C(=O)C(N)=O)C21. The maximum Gasteiger partial charge on any atom is 0.408 e. The number of carbonyl (C=O) groups is 5. The fourth-order valence-corrected chi connectivity index (χ4v) is 6.69. The molecular formula is C27H40N4O6. The van der Waals surface area contributed by atoms with E-state index in [0.717, 1.165) is 57.8 Å². The molecule has 0 bridgehead atoms. The predicted octanol–water partition coefficient (Wildman–Crippen LogP) is 1.65. The summed E-state index contributed by atoms with van der Waals surface area (Å²) >= 11 is 0. The van der Waals surface area contributed by atoms with Crippen molar-refractivity contribution in [3.8, 4) is 0 Å². The quantitative estimate of drug-likeness (QED) is 0.376. The second-order valence-corrected chi connectivity index (χ2v) is 12.5. The minimum absolute atomic E-state index is 0.0132. The molecule has 1 saturated heterocycles. The number of hydrogen-bond acceptors (Lipinski definition) is 6. The number of nitrogens with two attached hydrogens (primary N) is 1. The molecule has 0 aromatic heterocycles. The highest BCUT2D eigenvalue weighted by atomic mass is 16.6. The lowest BCUT2D eigenvalue weighted by molar-refractivity contribution is -0.144. The Morgan fingerprint density at radius 3 is 2.24 bits per heavy atom. The third-order valence-corrected chi connectivity index (χ3v) is 9.36. The van der Waals surface area contributed by atoms with E-state index in [1.165, 1.54) is 0 Å². The zero-order valence-corrected chi connectivity index (χ0v) is 21.9. The molecule has 204 valence electrons. The Hall–Kier alpha value is -2.65. The third kappa shape index (κ3) is 5.48. The first kappa shape index (κ1) is 26.0. The van der Waals surface area contributed by atoms with Crippen LogP contribution in [-0.4, -0.2) is 65.3 Å². The Morgan fingerprint density at radius 1 is 0.973 bits per heavy atom. The Morgan fingerprint density at radius 2 is 1.65 bits per heavy atom. The van der Waals surface area contributed by atoms with Gasteiger partial charge in [-0.15, -0.1) is 0 Å². The number of primary amides is 1. The monoisotopic (exact) mass is 516 g/mol. The standard InChI is InChI=1S/C27H40N4O6/c1-27(2)17-13-31(21(19(17)27)24(34)29-18(12-14-8-9-14)22(32)23(28)33)25(35)20(15-6-4-3-5-7-15)30-26(36)37-16-10-11-16/h14-21H,3-13H2,1-2H3,(H2,28,33)(H,29,34)(H,30,36)/t17?,18?,19?,20-,21-/m0/s1. The molecule has 4 amide bonds. The average molecular weight is 517 g/mol. The Kier molecular flexibility index (Phi) is 6.96. The molecule has 5 atom stereocenters. The first-order chi connectivity index (χ1) is 17.6. The molecule has 4 N–H and O–H groups in total. The molecule has 10 heteroatoms. The number of likely N-dealkylation sites (tertiary alicyclic amines) is 1. The summed E-state index contributed by atoms with van der Waals surface area (Å²) in [6, 6.07) is -2.49. The molecule has 0 aromatic carbocycles. The van der Waals surface area contributed by atoms with Gasteiger partial charge in [0.15, 0.2) is 0 Å². The van der Waals surface area contributed by atoms with Gasteiger partial charge in [-0.3, -0.25) is 19.2 Å². The molecule has 1 heterocycles. The number of alkyl carbamates (subject to hydrolysis) is 1. The van der Waals surface area contributed by atoms with E-state index in [9.17, 15) is 24.0 Å². The van der Waals surface area contributed by atoms with Crippen LogP contribution < -0.4 is 16.4 Å². The van der Waals surface area contributed by atoms with Crippen molar-refractivity contribution in [2.45, 2.75) is 102 Å². The van der Waals surface area contributed by atoms with Gasteiger partial charge in [-0.25, -0.2) is 4.79 Å². The zero-order chi connectivity index (χ0) is 26.5. The third-order valence-electron chi connectivity index (χ3n) is 9.36. The van der Waals surface area contributed by atoms with Gasteiger partial charge in [0.05, 0.1) is 6.04 Å². The van der Waals surface area contributed by atoms with E-state index in [-0.39, 0.29) is 41.1 Å². The highest BCUT2D eigenvalue weighted by Crippen LogP contribution is 2.65. The number of hydrogen-bond donors (Lipinski definition) is 3. The number of amides is 4. The highest BCUT2D eigenvalue weighted by molar-refractivity contribution is 6.37. The van der Waals surface area contributed by atoms with Crippen molar-refractivity contribution in [2.24, 2.45) is 34.8 Å². The van der Waals surface area contributed by atoms with Gasteiger partial charge in [-0.2, -0.15) is 0 Å². The van der Waals surface area contributed by atoms with E-state index < -0.39 is 41.8 Å². The molecular weight excluding hydrogens is 476 g/mol. The molecule has 0 spiro atoms. The zero-order valence-electron chi connectivity index (χ0n) is 21.9. The predicted molar refractivity (Wildman–Crippen MR) is 133 cm³/mol. The van der Waals surface area contributed by atoms with Gasteiger partial charge < -0.3 is 26.0 Å². The first-order valence-electron chi connectivity index (χ1n) is 14.0. The van der Waals surface area contributed by atoms with Crippen LogP contribution in [0.3, 0.4) is 0 Å². The van der Waals surface area contributed by atoms with E-state index >= 15 is 0 Å². The maximum atomic E-state index is 14.0. The molecule has 0 aromatic rings. The van der Waals surface area contributed by atoms with E-state index in [2.05, 4.69) is 24.5 Å². The number of nitrogens with zero attached hydrogens (tertiary/aromatic N) is 1. The van der Waals surface area contributed by atoms with Gasteiger partial charge >= 0.3 is 6.09 Å². The first-order valence-corrected chi connectivity index (χ1v) is 14.0. The molecule has 5 rings (SSSR count). The van der Waals surface area contributed by atoms with E-state index in [1.807, 2.05) is 0 Å². The summed E-state index contributed by atoms with van der Waals surface area (Å²) in [6.45, 7) is 4.60. The van der Waals surface area contributed by atoms with Crippen LogP contribution in [-0.2, 0) is 23.9 Å². The normalized spacial score (nSPS) is 30.0. The Balaban J connectivity index is 1.34. The number of Topliss-reactive ketones (excluding diaryl/α,β-unsaturated/α-hetero) is 1. The molecule has 1 aliphatic heterocycles. The summed E-state index contributed by atoms with van der Waals surface area (Å²) in [4.78, 5) is 66.0. The summed E-state index contributed by atoms with van der Waals surface area (Å²) in [6.07, 6.45) is 8.08. The van der Waals surface area contributed by atoms with Crippen LogP contribution in [0.25, 0.3) is 0 Å². The van der Waals surface area contributed by atoms with Crippen molar-refractivity contribution in [2.75, 3.05) is 6.54 Å². The van der Waals surface area contributed by atoms with Crippen LogP contribution in [0.15, 0.2) is 0 Å². The summed E-state index contributed by atoms with van der Waals surface area (Å²) in [7, 11) is 0. The van der Waals surface area contributed by atoms with E-state index in [4.69, 9.17) is 10.5 Å². The lowest BCUT2D eigenvalue weighted by Crippen LogP contribution is -2.59. The second kappa shape index (κ2) is 9.91. The summed E-state index contributed by atoms with van der Waals surface area (Å²) in [5.41, 5.74) is 5.15. The van der Waals surface area contributed by atoms with Crippen LogP contribution >= 0.6 is 0 Å². The molecule has 4 saturated carbocycles. The Labute approximate surface area is 217 Å². The van der Waals surface area contributed by atoms with Gasteiger partial charge in [0.2, 0.25) is 17.6 Å². The van der Waals surface area contributed by atoms with Crippen molar-refractivity contribution < 1.29 is 28.7 Å². The van der Waals surface area contributed by atoms with Crippen LogP contribution in [0.2, 0.25) is 0 Å². The molecule has 5 aliphatic rings. The van der Waals surface area contributed by atoms with E-state index in [0.29, 0.717) is 13.0 Å². The van der Waals surface area contributed by atoms with Crippen molar-refractivity contribution in [1.82, 2.24) is 15.5 Å². The fraction of sp³-hybridized carbons (Fsp3) is 0.815. The van der Waals surface area contributed by atoms with Crippen molar-refractivity contribution in [3.63, 3.8) is 0 Å². The lowest BCUT2D eigenvalue weighted by Gasteiger charge is -2.37. The molecule has 5 fully saturated rings. The smallest absolute Gasteiger partial charge is 0.408 e. The van der Waals surface area contributed by atoms with Gasteiger partial charge in [-0.1, -0.05) is 46.0 Å².